The predicted molar refractivity (Wildman–Crippen MR) is 189 cm³/mol. The zero-order chi connectivity index (χ0) is 38.8. The molecular weight excluding hydrogens is 666 g/mol. The molecule has 290 valence electrons. The van der Waals surface area contributed by atoms with Crippen LogP contribution in [0.25, 0.3) is 0 Å². The largest absolute Gasteiger partial charge is 0.480 e. The van der Waals surface area contributed by atoms with Crippen molar-refractivity contribution in [3.63, 3.8) is 0 Å². The van der Waals surface area contributed by atoms with Crippen LogP contribution in [0, 0.1) is 11.8 Å². The zero-order valence-corrected chi connectivity index (χ0v) is 30.2. The van der Waals surface area contributed by atoms with Crippen LogP contribution in [-0.4, -0.2) is 113 Å². The standard InChI is InChI=1S/C32H59N11O8/c1-5-18(4)25(42-29(48)24(17(2)3)41-26(45)19(34)16-23(35)44)30(49)43-15-9-12-22(43)28(47)39-20(10-6-7-13-33)27(46)40-21(31(50)51)11-8-14-38-32(36)37/h17-22,24-25H,5-16,33-34H2,1-4H3,(H2,35,44)(H,39,47)(H,40,46)(H,41,45)(H,42,48)(H,50,51)(H4,36,37,38). The van der Waals surface area contributed by atoms with Crippen molar-refractivity contribution >= 4 is 47.4 Å². The van der Waals surface area contributed by atoms with Crippen molar-refractivity contribution in [1.82, 2.24) is 26.2 Å². The van der Waals surface area contributed by atoms with Crippen molar-refractivity contribution in [2.45, 2.75) is 122 Å². The van der Waals surface area contributed by atoms with Gasteiger partial charge in [-0.15, -0.1) is 0 Å². The second-order valence-electron chi connectivity index (χ2n) is 13.3. The molecule has 19 heteroatoms. The van der Waals surface area contributed by atoms with Gasteiger partial charge in [0.2, 0.25) is 35.4 Å². The molecule has 1 rings (SSSR count). The van der Waals surface area contributed by atoms with Gasteiger partial charge in [0, 0.05) is 13.1 Å². The molecule has 1 fully saturated rings. The van der Waals surface area contributed by atoms with Gasteiger partial charge in [-0.25, -0.2) is 4.79 Å². The maximum Gasteiger partial charge on any atom is 0.326 e. The van der Waals surface area contributed by atoms with Crippen molar-refractivity contribution in [2.24, 2.45) is 45.5 Å². The highest BCUT2D eigenvalue weighted by Crippen LogP contribution is 2.22. The number of carboxylic acid groups (broad SMARTS) is 1. The number of aliphatic carboxylic acids is 1. The molecule has 1 aliphatic rings. The van der Waals surface area contributed by atoms with E-state index in [0.717, 1.165) is 0 Å². The molecule has 7 atom stereocenters. The van der Waals surface area contributed by atoms with E-state index in [4.69, 9.17) is 28.7 Å². The fourth-order valence-corrected chi connectivity index (χ4v) is 5.58. The summed E-state index contributed by atoms with van der Waals surface area (Å²) in [5.74, 6) is -6.19. The van der Waals surface area contributed by atoms with Gasteiger partial charge >= 0.3 is 5.97 Å². The molecule has 0 aromatic rings. The Balaban J connectivity index is 3.17. The third-order valence-electron chi connectivity index (χ3n) is 8.76. The first-order valence-corrected chi connectivity index (χ1v) is 17.5. The van der Waals surface area contributed by atoms with E-state index in [1.54, 1.807) is 20.8 Å². The average Bonchev–Trinajstić information content (AvgIpc) is 3.55. The monoisotopic (exact) mass is 725 g/mol. The molecule has 6 amide bonds. The second-order valence-corrected chi connectivity index (χ2v) is 13.3. The molecule has 0 saturated carbocycles. The summed E-state index contributed by atoms with van der Waals surface area (Å²) in [6.07, 6.45) is 2.36. The molecule has 19 nitrogen and oxygen atoms in total. The van der Waals surface area contributed by atoms with Crippen LogP contribution < -0.4 is 49.9 Å². The number of nitrogens with zero attached hydrogens (tertiary/aromatic N) is 2. The molecule has 51 heavy (non-hydrogen) atoms. The number of carbonyl (C=O) groups excluding carboxylic acids is 6. The lowest BCUT2D eigenvalue weighted by Crippen LogP contribution is -2.61. The molecule has 0 radical (unpaired) electrons. The smallest absolute Gasteiger partial charge is 0.326 e. The maximum atomic E-state index is 14.0. The number of rotatable bonds is 23. The fourth-order valence-electron chi connectivity index (χ4n) is 5.58. The molecule has 1 aliphatic heterocycles. The minimum atomic E-state index is -1.27. The van der Waals surface area contributed by atoms with Gasteiger partial charge in [0.1, 0.15) is 30.2 Å². The van der Waals surface area contributed by atoms with Crippen LogP contribution in [0.15, 0.2) is 4.99 Å². The number of guanidine groups is 1. The Kier molecular flexibility index (Phi) is 19.5. The van der Waals surface area contributed by atoms with E-state index < -0.39 is 90.0 Å². The normalized spacial score (nSPS) is 17.6. The summed E-state index contributed by atoms with van der Waals surface area (Å²) in [7, 11) is 0. The summed E-state index contributed by atoms with van der Waals surface area (Å²) in [4.78, 5) is 95.5. The van der Waals surface area contributed by atoms with Gasteiger partial charge in [-0.1, -0.05) is 34.1 Å². The molecule has 7 unspecified atom stereocenters. The fraction of sp³-hybridized carbons (Fsp3) is 0.750. The van der Waals surface area contributed by atoms with Crippen molar-refractivity contribution in [2.75, 3.05) is 19.6 Å². The number of carbonyl (C=O) groups is 7. The molecule has 1 saturated heterocycles. The van der Waals surface area contributed by atoms with Crippen LogP contribution >= 0.6 is 0 Å². The molecule has 0 aromatic heterocycles. The van der Waals surface area contributed by atoms with Crippen LogP contribution in [-0.2, 0) is 33.6 Å². The van der Waals surface area contributed by atoms with Crippen molar-refractivity contribution < 1.29 is 38.7 Å². The quantitative estimate of drug-likeness (QED) is 0.0288. The number of hydrogen-bond donors (Lipinski definition) is 10. The van der Waals surface area contributed by atoms with Crippen LogP contribution in [0.3, 0.4) is 0 Å². The van der Waals surface area contributed by atoms with Crippen LogP contribution in [0.4, 0.5) is 0 Å². The summed E-state index contributed by atoms with van der Waals surface area (Å²) in [6, 6.07) is -6.76. The van der Waals surface area contributed by atoms with Crippen LogP contribution in [0.2, 0.25) is 0 Å². The second kappa shape index (κ2) is 22.3. The van der Waals surface area contributed by atoms with E-state index in [1.807, 2.05) is 6.92 Å². The summed E-state index contributed by atoms with van der Waals surface area (Å²) in [5.41, 5.74) is 27.2. The Bertz CT molecular complexity index is 1240. The number of hydrogen-bond acceptors (Lipinski definition) is 10. The van der Waals surface area contributed by atoms with E-state index in [1.165, 1.54) is 4.90 Å². The molecule has 0 bridgehead atoms. The summed E-state index contributed by atoms with van der Waals surface area (Å²) >= 11 is 0. The van der Waals surface area contributed by atoms with Gasteiger partial charge in [0.15, 0.2) is 5.96 Å². The Labute approximate surface area is 299 Å². The molecule has 1 heterocycles. The summed E-state index contributed by atoms with van der Waals surface area (Å²) in [5, 5.41) is 20.2. The summed E-state index contributed by atoms with van der Waals surface area (Å²) < 4.78 is 0. The van der Waals surface area contributed by atoms with Crippen molar-refractivity contribution in [1.29, 1.82) is 0 Å². The van der Waals surface area contributed by atoms with Crippen LogP contribution in [0.5, 0.6) is 0 Å². The summed E-state index contributed by atoms with van der Waals surface area (Å²) in [6.45, 7) is 7.72. The van der Waals surface area contributed by atoms with Crippen molar-refractivity contribution in [3.05, 3.63) is 0 Å². The number of likely N-dealkylation sites (tertiary alicyclic amines) is 1. The van der Waals surface area contributed by atoms with Crippen molar-refractivity contribution in [3.8, 4) is 0 Å². The average molecular weight is 726 g/mol. The van der Waals surface area contributed by atoms with Gasteiger partial charge < -0.3 is 59.9 Å². The third-order valence-corrected chi connectivity index (χ3v) is 8.76. The van der Waals surface area contributed by atoms with Gasteiger partial charge in [-0.2, -0.15) is 0 Å². The first-order chi connectivity index (χ1) is 23.9. The van der Waals surface area contributed by atoms with Gasteiger partial charge in [0.25, 0.3) is 0 Å². The van der Waals surface area contributed by atoms with Gasteiger partial charge in [-0.3, -0.25) is 33.8 Å². The first kappa shape index (κ1) is 44.5. The molecule has 0 aromatic carbocycles. The lowest BCUT2D eigenvalue weighted by molar-refractivity contribution is -0.144. The lowest BCUT2D eigenvalue weighted by Gasteiger charge is -2.33. The topological polar surface area (TPSA) is 334 Å². The Hall–Kier alpha value is -4.52. The number of nitrogens with one attached hydrogen (secondary N) is 4. The van der Waals surface area contributed by atoms with E-state index in [2.05, 4.69) is 26.3 Å². The highest BCUT2D eigenvalue weighted by Gasteiger charge is 2.41. The lowest BCUT2D eigenvalue weighted by atomic mass is 9.95. The maximum absolute atomic E-state index is 14.0. The molecule has 15 N–H and O–H groups in total. The van der Waals surface area contributed by atoms with Gasteiger partial charge in [-0.05, 0) is 63.3 Å². The number of primary amides is 1. The Morgan fingerprint density at radius 3 is 2.02 bits per heavy atom. The highest BCUT2D eigenvalue weighted by atomic mass is 16.4. The predicted octanol–water partition coefficient (Wildman–Crippen LogP) is -2.91. The molecular formula is C32H59N11O8. The number of aliphatic imine (C=N–C) groups is 1. The SMILES string of the molecule is CCC(C)C(NC(=O)C(NC(=O)C(N)CC(N)=O)C(C)C)C(=O)N1CCCC1C(=O)NC(CCCCN)C(=O)NC(CCCN=C(N)N)C(=O)O. The van der Waals surface area contributed by atoms with E-state index in [0.29, 0.717) is 38.6 Å². The minimum Gasteiger partial charge on any atom is -0.480 e. The molecule has 0 aliphatic carbocycles. The van der Waals surface area contributed by atoms with E-state index in [-0.39, 0.29) is 44.2 Å². The number of carboxylic acids is 1. The highest BCUT2D eigenvalue weighted by molar-refractivity contribution is 5.97. The molecule has 0 spiro atoms. The van der Waals surface area contributed by atoms with E-state index >= 15 is 0 Å². The third kappa shape index (κ3) is 15.1. The van der Waals surface area contributed by atoms with Gasteiger partial charge in [0.05, 0.1) is 12.5 Å². The van der Waals surface area contributed by atoms with Crippen LogP contribution in [0.1, 0.15) is 85.5 Å². The Morgan fingerprint density at radius 1 is 0.843 bits per heavy atom. The number of unbranched alkanes of at least 4 members (excludes halogenated alkanes) is 1. The first-order valence-electron chi connectivity index (χ1n) is 17.5. The van der Waals surface area contributed by atoms with E-state index in [9.17, 15) is 38.7 Å². The Morgan fingerprint density at radius 2 is 1.47 bits per heavy atom. The zero-order valence-electron chi connectivity index (χ0n) is 30.2. The number of nitrogens with two attached hydrogens (primary N) is 5. The minimum absolute atomic E-state index is 0.0382. The number of amides is 6.